The first kappa shape index (κ1) is 22.9. The van der Waals surface area contributed by atoms with Gasteiger partial charge in [-0.05, 0) is 74.5 Å². The zero-order chi connectivity index (χ0) is 20.2. The monoisotopic (exact) mass is 435 g/mol. The SMILES string of the molecule is Cl.NC1C2CCCC1CC(C(=O)NCCc1ccc(OCC(=O)NC3CC3)cc1)C2. The number of nitrogens with two attached hydrogens (primary N) is 1. The molecule has 3 saturated carbocycles. The molecule has 0 radical (unpaired) electrons. The van der Waals surface area contributed by atoms with E-state index >= 15 is 0 Å². The van der Waals surface area contributed by atoms with E-state index in [1.54, 1.807) is 0 Å². The van der Waals surface area contributed by atoms with Gasteiger partial charge in [0.15, 0.2) is 6.61 Å². The van der Waals surface area contributed by atoms with Crippen molar-refractivity contribution in [1.29, 1.82) is 0 Å². The van der Waals surface area contributed by atoms with Crippen LogP contribution in [0, 0.1) is 17.8 Å². The fraction of sp³-hybridized carbons (Fsp3) is 0.652. The molecule has 2 amide bonds. The molecule has 7 heteroatoms. The average Bonchev–Trinajstić information content (AvgIpc) is 3.51. The van der Waals surface area contributed by atoms with E-state index in [0.717, 1.165) is 37.7 Å². The van der Waals surface area contributed by atoms with E-state index in [1.807, 2.05) is 24.3 Å². The molecule has 6 nitrogen and oxygen atoms in total. The number of carbonyl (C=O) groups is 2. The van der Waals surface area contributed by atoms with Crippen molar-refractivity contribution < 1.29 is 14.3 Å². The minimum absolute atomic E-state index is 0. The summed E-state index contributed by atoms with van der Waals surface area (Å²) in [5.74, 6) is 1.99. The van der Waals surface area contributed by atoms with Gasteiger partial charge in [-0.1, -0.05) is 18.6 Å². The number of benzene rings is 1. The van der Waals surface area contributed by atoms with Crippen LogP contribution in [0.25, 0.3) is 0 Å². The van der Waals surface area contributed by atoms with Gasteiger partial charge in [-0.15, -0.1) is 12.4 Å². The number of amides is 2. The van der Waals surface area contributed by atoms with Crippen LogP contribution in [0.3, 0.4) is 0 Å². The Morgan fingerprint density at radius 2 is 1.70 bits per heavy atom. The zero-order valence-corrected chi connectivity index (χ0v) is 18.3. The second-order valence-corrected chi connectivity index (χ2v) is 9.01. The average molecular weight is 436 g/mol. The Hall–Kier alpha value is -1.79. The van der Waals surface area contributed by atoms with Gasteiger partial charge in [0.25, 0.3) is 5.91 Å². The zero-order valence-electron chi connectivity index (χ0n) is 17.5. The highest BCUT2D eigenvalue weighted by atomic mass is 35.5. The van der Waals surface area contributed by atoms with E-state index in [4.69, 9.17) is 10.5 Å². The van der Waals surface area contributed by atoms with Gasteiger partial charge in [0, 0.05) is 24.5 Å². The summed E-state index contributed by atoms with van der Waals surface area (Å²) in [6.07, 6.45) is 8.46. The summed E-state index contributed by atoms with van der Waals surface area (Å²) >= 11 is 0. The van der Waals surface area contributed by atoms with Crippen molar-refractivity contribution in [2.75, 3.05) is 13.2 Å². The Kier molecular flexibility index (Phi) is 8.00. The lowest BCUT2D eigenvalue weighted by Crippen LogP contribution is -2.49. The van der Waals surface area contributed by atoms with Gasteiger partial charge >= 0.3 is 0 Å². The van der Waals surface area contributed by atoms with Crippen LogP contribution < -0.4 is 21.1 Å². The van der Waals surface area contributed by atoms with E-state index in [0.29, 0.717) is 36.2 Å². The van der Waals surface area contributed by atoms with Gasteiger partial charge in [0.05, 0.1) is 0 Å². The molecule has 2 bridgehead atoms. The number of hydrogen-bond acceptors (Lipinski definition) is 4. The minimum Gasteiger partial charge on any atom is -0.484 e. The van der Waals surface area contributed by atoms with Crippen molar-refractivity contribution in [3.05, 3.63) is 29.8 Å². The standard InChI is InChI=1S/C23H33N3O3.ClH/c24-22-16-2-1-3-17(22)13-18(12-16)23(28)25-11-10-15-4-8-20(9-5-15)29-14-21(27)26-19-6-7-19;/h4-5,8-9,16-19,22H,1-3,6-7,10-14,24H2,(H,25,28)(H,26,27);1H. The fourth-order valence-electron chi connectivity index (χ4n) is 4.88. The lowest BCUT2D eigenvalue weighted by Gasteiger charge is -2.43. The number of hydrogen-bond donors (Lipinski definition) is 3. The maximum absolute atomic E-state index is 12.6. The molecule has 1 aromatic carbocycles. The highest BCUT2D eigenvalue weighted by Crippen LogP contribution is 2.41. The predicted molar refractivity (Wildman–Crippen MR) is 119 cm³/mol. The highest BCUT2D eigenvalue weighted by molar-refractivity contribution is 5.85. The summed E-state index contributed by atoms with van der Waals surface area (Å²) in [5, 5.41) is 6.02. The van der Waals surface area contributed by atoms with Crippen molar-refractivity contribution in [2.24, 2.45) is 23.5 Å². The first-order chi connectivity index (χ1) is 14.1. The number of rotatable bonds is 8. The van der Waals surface area contributed by atoms with Gasteiger partial charge in [-0.2, -0.15) is 0 Å². The number of carbonyl (C=O) groups excluding carboxylic acids is 2. The van der Waals surface area contributed by atoms with Crippen molar-refractivity contribution in [3.8, 4) is 5.75 Å². The molecular weight excluding hydrogens is 402 g/mol. The molecular formula is C23H34ClN3O3. The van der Waals surface area contributed by atoms with E-state index < -0.39 is 0 Å². The Labute approximate surface area is 185 Å². The van der Waals surface area contributed by atoms with Crippen molar-refractivity contribution in [3.63, 3.8) is 0 Å². The normalized spacial score (nSPS) is 27.5. The van der Waals surface area contributed by atoms with Crippen LogP contribution in [0.5, 0.6) is 5.75 Å². The largest absolute Gasteiger partial charge is 0.484 e. The molecule has 30 heavy (non-hydrogen) atoms. The second-order valence-electron chi connectivity index (χ2n) is 9.01. The Morgan fingerprint density at radius 3 is 2.33 bits per heavy atom. The third kappa shape index (κ3) is 6.11. The number of ether oxygens (including phenoxy) is 1. The summed E-state index contributed by atoms with van der Waals surface area (Å²) in [4.78, 5) is 24.3. The molecule has 4 rings (SSSR count). The van der Waals surface area contributed by atoms with Crippen LogP contribution in [-0.4, -0.2) is 37.0 Å². The van der Waals surface area contributed by atoms with Gasteiger partial charge in [0.2, 0.25) is 5.91 Å². The van der Waals surface area contributed by atoms with Crippen molar-refractivity contribution >= 4 is 24.2 Å². The van der Waals surface area contributed by atoms with Crippen LogP contribution in [0.4, 0.5) is 0 Å². The topological polar surface area (TPSA) is 93.5 Å². The van der Waals surface area contributed by atoms with E-state index in [2.05, 4.69) is 10.6 Å². The molecule has 3 aliphatic rings. The smallest absolute Gasteiger partial charge is 0.258 e. The minimum atomic E-state index is -0.0629. The molecule has 166 valence electrons. The second kappa shape index (κ2) is 10.5. The fourth-order valence-corrected chi connectivity index (χ4v) is 4.88. The van der Waals surface area contributed by atoms with Gasteiger partial charge in [-0.3, -0.25) is 9.59 Å². The van der Waals surface area contributed by atoms with Crippen LogP contribution in [0.2, 0.25) is 0 Å². The van der Waals surface area contributed by atoms with Gasteiger partial charge < -0.3 is 21.1 Å². The maximum Gasteiger partial charge on any atom is 0.258 e. The van der Waals surface area contributed by atoms with Crippen LogP contribution in [0.1, 0.15) is 50.5 Å². The molecule has 2 unspecified atom stereocenters. The van der Waals surface area contributed by atoms with Crippen molar-refractivity contribution in [2.45, 2.75) is 63.5 Å². The molecule has 3 aliphatic carbocycles. The van der Waals surface area contributed by atoms with Crippen LogP contribution in [-0.2, 0) is 16.0 Å². The first-order valence-electron chi connectivity index (χ1n) is 11.1. The molecule has 0 spiro atoms. The van der Waals surface area contributed by atoms with E-state index in [-0.39, 0.29) is 36.7 Å². The summed E-state index contributed by atoms with van der Waals surface area (Å²) in [5.41, 5.74) is 7.47. The number of fused-ring (bicyclic) bond motifs is 2. The molecule has 0 heterocycles. The van der Waals surface area contributed by atoms with Gasteiger partial charge in [0.1, 0.15) is 5.75 Å². The summed E-state index contributed by atoms with van der Waals surface area (Å²) in [6.45, 7) is 0.694. The molecule has 2 atom stereocenters. The summed E-state index contributed by atoms with van der Waals surface area (Å²) in [7, 11) is 0. The molecule has 4 N–H and O–H groups in total. The Bertz CT molecular complexity index is 709. The Balaban J connectivity index is 0.00000256. The molecule has 1 aromatic rings. The van der Waals surface area contributed by atoms with Crippen molar-refractivity contribution in [1.82, 2.24) is 10.6 Å². The van der Waals surface area contributed by atoms with Gasteiger partial charge in [-0.25, -0.2) is 0 Å². The quantitative estimate of drug-likeness (QED) is 0.585. The third-order valence-electron chi connectivity index (χ3n) is 6.73. The molecule has 0 saturated heterocycles. The summed E-state index contributed by atoms with van der Waals surface area (Å²) < 4.78 is 5.53. The summed E-state index contributed by atoms with van der Waals surface area (Å²) in [6, 6.07) is 8.40. The Morgan fingerprint density at radius 1 is 1.03 bits per heavy atom. The maximum atomic E-state index is 12.6. The molecule has 0 aliphatic heterocycles. The van der Waals surface area contributed by atoms with E-state index in [1.165, 1.54) is 19.3 Å². The predicted octanol–water partition coefficient (Wildman–Crippen LogP) is 2.58. The van der Waals surface area contributed by atoms with E-state index in [9.17, 15) is 9.59 Å². The molecule has 3 fully saturated rings. The van der Waals surface area contributed by atoms with Crippen LogP contribution in [0.15, 0.2) is 24.3 Å². The first-order valence-corrected chi connectivity index (χ1v) is 11.1. The lowest BCUT2D eigenvalue weighted by molar-refractivity contribution is -0.128. The van der Waals surface area contributed by atoms with Crippen LogP contribution >= 0.6 is 12.4 Å². The number of halogens is 1. The highest BCUT2D eigenvalue weighted by Gasteiger charge is 2.40. The third-order valence-corrected chi connectivity index (χ3v) is 6.73. The number of nitrogens with one attached hydrogen (secondary N) is 2. The molecule has 0 aromatic heterocycles. The lowest BCUT2D eigenvalue weighted by atomic mass is 9.65.